The third kappa shape index (κ3) is 1.80. The maximum atomic E-state index is 11.2. The van der Waals surface area contributed by atoms with Crippen LogP contribution in [0, 0.1) is 0 Å². The van der Waals surface area contributed by atoms with Gasteiger partial charge in [0, 0.05) is 7.05 Å². The molecule has 4 nitrogen and oxygen atoms in total. The van der Waals surface area contributed by atoms with E-state index in [4.69, 9.17) is 0 Å². The average Bonchev–Trinajstić information content (AvgIpc) is 2.36. The van der Waals surface area contributed by atoms with Crippen molar-refractivity contribution < 1.29 is 4.79 Å². The first-order valence-corrected chi connectivity index (χ1v) is 4.52. The van der Waals surface area contributed by atoms with Crippen LogP contribution >= 0.6 is 11.8 Å². The Hall–Kier alpha value is -0.840. The first-order chi connectivity index (χ1) is 5.25. The van der Waals surface area contributed by atoms with Crippen molar-refractivity contribution in [3.63, 3.8) is 0 Å². The zero-order valence-electron chi connectivity index (χ0n) is 6.44. The minimum atomic E-state index is 0.0741. The van der Waals surface area contributed by atoms with Crippen molar-refractivity contribution in [2.75, 3.05) is 12.0 Å². The molecular weight excluding hydrogens is 162 g/mol. The van der Waals surface area contributed by atoms with E-state index < -0.39 is 0 Å². The Bertz CT molecular complexity index is 258. The van der Waals surface area contributed by atoms with E-state index in [1.54, 1.807) is 7.05 Å². The highest BCUT2D eigenvalue weighted by Crippen LogP contribution is 2.01. The molecule has 0 bridgehead atoms. The maximum Gasteiger partial charge on any atom is 0.192 e. The van der Waals surface area contributed by atoms with Crippen molar-refractivity contribution in [2.24, 2.45) is 7.05 Å². The molecule has 60 valence electrons. The number of ketones is 1. The van der Waals surface area contributed by atoms with Crippen molar-refractivity contribution in [1.82, 2.24) is 15.0 Å². The molecule has 5 heteroatoms. The molecule has 11 heavy (non-hydrogen) atoms. The highest BCUT2D eigenvalue weighted by atomic mass is 32.2. The fourth-order valence-electron chi connectivity index (χ4n) is 0.747. The standard InChI is InChI=1S/C6H9N3OS/c1-9-5(3-7-8-9)6(10)4-11-2/h3H,4H2,1-2H3. The summed E-state index contributed by atoms with van der Waals surface area (Å²) in [5.74, 6) is 0.561. The van der Waals surface area contributed by atoms with Crippen LogP contribution in [0.5, 0.6) is 0 Å². The van der Waals surface area contributed by atoms with E-state index in [-0.39, 0.29) is 5.78 Å². The lowest BCUT2D eigenvalue weighted by Crippen LogP contribution is -2.08. The molecule has 0 aliphatic carbocycles. The Kier molecular flexibility index (Phi) is 2.64. The van der Waals surface area contributed by atoms with Crippen LogP contribution in [0.25, 0.3) is 0 Å². The molecule has 1 aromatic heterocycles. The van der Waals surface area contributed by atoms with Gasteiger partial charge in [-0.25, -0.2) is 4.68 Å². The molecule has 0 radical (unpaired) electrons. The number of hydrogen-bond acceptors (Lipinski definition) is 4. The lowest BCUT2D eigenvalue weighted by Gasteiger charge is -1.95. The summed E-state index contributed by atoms with van der Waals surface area (Å²) in [5, 5.41) is 7.26. The first kappa shape index (κ1) is 8.26. The second kappa shape index (κ2) is 3.52. The Morgan fingerprint density at radius 1 is 1.82 bits per heavy atom. The van der Waals surface area contributed by atoms with Gasteiger partial charge >= 0.3 is 0 Å². The fraction of sp³-hybridized carbons (Fsp3) is 0.500. The Labute approximate surface area is 69.0 Å². The van der Waals surface area contributed by atoms with Gasteiger partial charge in [0.15, 0.2) is 5.78 Å². The summed E-state index contributed by atoms with van der Waals surface area (Å²) in [6.07, 6.45) is 3.38. The maximum absolute atomic E-state index is 11.2. The Morgan fingerprint density at radius 3 is 3.00 bits per heavy atom. The highest BCUT2D eigenvalue weighted by Gasteiger charge is 2.08. The van der Waals surface area contributed by atoms with Gasteiger partial charge in [-0.05, 0) is 6.26 Å². The monoisotopic (exact) mass is 171 g/mol. The summed E-state index contributed by atoms with van der Waals surface area (Å²) in [6.45, 7) is 0. The number of aromatic nitrogens is 3. The van der Waals surface area contributed by atoms with Gasteiger partial charge in [0.05, 0.1) is 11.9 Å². The van der Waals surface area contributed by atoms with Gasteiger partial charge in [-0.15, -0.1) is 5.10 Å². The number of carbonyl (C=O) groups is 1. The van der Waals surface area contributed by atoms with Gasteiger partial charge in [0.2, 0.25) is 0 Å². The highest BCUT2D eigenvalue weighted by molar-refractivity contribution is 7.99. The minimum absolute atomic E-state index is 0.0741. The summed E-state index contributed by atoms with van der Waals surface area (Å²) in [4.78, 5) is 11.2. The van der Waals surface area contributed by atoms with Gasteiger partial charge < -0.3 is 0 Å². The van der Waals surface area contributed by atoms with Crippen LogP contribution in [0.4, 0.5) is 0 Å². The van der Waals surface area contributed by atoms with Crippen LogP contribution < -0.4 is 0 Å². The lowest BCUT2D eigenvalue weighted by molar-refractivity contribution is 0.101. The molecule has 0 unspecified atom stereocenters. The Balaban J connectivity index is 2.76. The Morgan fingerprint density at radius 2 is 2.55 bits per heavy atom. The van der Waals surface area contributed by atoms with Gasteiger partial charge in [0.1, 0.15) is 5.69 Å². The number of rotatable bonds is 3. The van der Waals surface area contributed by atoms with Crippen LogP contribution in [0.15, 0.2) is 6.20 Å². The largest absolute Gasteiger partial charge is 0.291 e. The van der Waals surface area contributed by atoms with Crippen LogP contribution in [0.3, 0.4) is 0 Å². The predicted octanol–water partition coefficient (Wildman–Crippen LogP) is 0.361. The van der Waals surface area contributed by atoms with E-state index in [2.05, 4.69) is 10.3 Å². The van der Waals surface area contributed by atoms with Gasteiger partial charge in [-0.2, -0.15) is 11.8 Å². The van der Waals surface area contributed by atoms with Crippen LogP contribution in [0.2, 0.25) is 0 Å². The molecule has 1 rings (SSSR count). The minimum Gasteiger partial charge on any atom is -0.291 e. The van der Waals surface area contributed by atoms with E-state index in [0.29, 0.717) is 11.4 Å². The molecule has 1 heterocycles. The number of hydrogen-bond donors (Lipinski definition) is 0. The molecule has 0 aliphatic rings. The summed E-state index contributed by atoms with van der Waals surface area (Å²) >= 11 is 1.50. The van der Waals surface area contributed by atoms with Crippen LogP contribution in [-0.2, 0) is 7.05 Å². The van der Waals surface area contributed by atoms with Crippen LogP contribution in [0.1, 0.15) is 10.5 Å². The third-order valence-corrected chi connectivity index (χ3v) is 1.83. The predicted molar refractivity (Wildman–Crippen MR) is 43.7 cm³/mol. The van der Waals surface area contributed by atoms with Crippen LogP contribution in [-0.4, -0.2) is 32.8 Å². The first-order valence-electron chi connectivity index (χ1n) is 3.12. The summed E-state index contributed by atoms with van der Waals surface area (Å²) in [7, 11) is 1.71. The molecule has 0 aliphatic heterocycles. The molecule has 0 saturated heterocycles. The van der Waals surface area contributed by atoms with Crippen molar-refractivity contribution >= 4 is 17.5 Å². The smallest absolute Gasteiger partial charge is 0.192 e. The zero-order chi connectivity index (χ0) is 8.27. The van der Waals surface area contributed by atoms with E-state index in [1.807, 2.05) is 6.26 Å². The molecule has 0 aromatic carbocycles. The third-order valence-electron chi connectivity index (χ3n) is 1.28. The number of thioether (sulfide) groups is 1. The molecule has 1 aromatic rings. The number of nitrogens with zero attached hydrogens (tertiary/aromatic N) is 3. The normalized spacial score (nSPS) is 10.0. The number of Topliss-reactive ketones (excluding diaryl/α,β-unsaturated/α-hetero) is 1. The molecular formula is C6H9N3OS. The van der Waals surface area contributed by atoms with E-state index in [9.17, 15) is 4.79 Å². The second-order valence-corrected chi connectivity index (χ2v) is 2.97. The van der Waals surface area contributed by atoms with E-state index >= 15 is 0 Å². The quantitative estimate of drug-likeness (QED) is 0.616. The number of carbonyl (C=O) groups excluding carboxylic acids is 1. The van der Waals surface area contributed by atoms with Crippen molar-refractivity contribution in [3.05, 3.63) is 11.9 Å². The molecule has 0 N–H and O–H groups in total. The molecule has 0 fully saturated rings. The van der Waals surface area contributed by atoms with E-state index in [1.165, 1.54) is 22.6 Å². The molecule has 0 atom stereocenters. The lowest BCUT2D eigenvalue weighted by atomic mass is 10.3. The summed E-state index contributed by atoms with van der Waals surface area (Å²) < 4.78 is 1.48. The molecule has 0 amide bonds. The molecule has 0 saturated carbocycles. The van der Waals surface area contributed by atoms with E-state index in [0.717, 1.165) is 0 Å². The molecule has 0 spiro atoms. The van der Waals surface area contributed by atoms with Gasteiger partial charge in [-0.3, -0.25) is 4.79 Å². The fourth-order valence-corrected chi connectivity index (χ4v) is 1.16. The van der Waals surface area contributed by atoms with Crippen molar-refractivity contribution in [1.29, 1.82) is 0 Å². The average molecular weight is 171 g/mol. The van der Waals surface area contributed by atoms with Crippen molar-refractivity contribution in [2.45, 2.75) is 0 Å². The van der Waals surface area contributed by atoms with Gasteiger partial charge in [-0.1, -0.05) is 5.21 Å². The zero-order valence-corrected chi connectivity index (χ0v) is 7.26. The second-order valence-electron chi connectivity index (χ2n) is 2.10. The summed E-state index contributed by atoms with van der Waals surface area (Å²) in [6, 6.07) is 0. The summed E-state index contributed by atoms with van der Waals surface area (Å²) in [5.41, 5.74) is 0.569. The number of aryl methyl sites for hydroxylation is 1. The SMILES string of the molecule is CSCC(=O)c1cnnn1C. The van der Waals surface area contributed by atoms with Crippen molar-refractivity contribution in [3.8, 4) is 0 Å². The topological polar surface area (TPSA) is 47.8 Å². The van der Waals surface area contributed by atoms with Gasteiger partial charge in [0.25, 0.3) is 0 Å².